The summed E-state index contributed by atoms with van der Waals surface area (Å²) in [7, 11) is 2.15. The molecular formula is C8H9F3N4O3. The summed E-state index contributed by atoms with van der Waals surface area (Å²) in [5.74, 6) is -3.75. The number of carboxylic acids is 1. The van der Waals surface area contributed by atoms with Crippen molar-refractivity contribution in [1.29, 1.82) is 0 Å². The Labute approximate surface area is 98.8 Å². The van der Waals surface area contributed by atoms with Gasteiger partial charge in [0.25, 0.3) is 0 Å². The molecule has 0 atom stereocenters. The van der Waals surface area contributed by atoms with E-state index < -0.39 is 24.5 Å². The molecule has 1 aromatic rings. The summed E-state index contributed by atoms with van der Waals surface area (Å²) in [5.41, 5.74) is 0. The molecule has 0 aromatic carbocycles. The van der Waals surface area contributed by atoms with Crippen LogP contribution in [0.5, 0.6) is 0 Å². The molecule has 0 saturated carbocycles. The third-order valence-electron chi connectivity index (χ3n) is 2.10. The molecule has 1 heterocycles. The van der Waals surface area contributed by atoms with Gasteiger partial charge in [0.2, 0.25) is 5.95 Å². The van der Waals surface area contributed by atoms with Crippen LogP contribution in [0.4, 0.5) is 19.1 Å². The van der Waals surface area contributed by atoms with Gasteiger partial charge in [-0.05, 0) is 0 Å². The Bertz CT molecular complexity index is 482. The van der Waals surface area contributed by atoms with Crippen molar-refractivity contribution in [3.05, 3.63) is 5.82 Å². The number of carbonyl (C=O) groups excluding carboxylic acids is 1. The third-order valence-corrected chi connectivity index (χ3v) is 2.10. The quantitative estimate of drug-likeness (QED) is 0.829. The molecule has 1 N–H and O–H groups in total. The third kappa shape index (κ3) is 2.76. The number of nitrogens with zero attached hydrogens (tertiary/aromatic N) is 4. The van der Waals surface area contributed by atoms with E-state index in [1.54, 1.807) is 0 Å². The molecule has 0 saturated heterocycles. The molecule has 0 radical (unpaired) electrons. The highest BCUT2D eigenvalue weighted by molar-refractivity contribution is 5.95. The highest BCUT2D eigenvalue weighted by Gasteiger charge is 2.43. The number of aliphatic carboxylic acids is 1. The molecule has 7 nitrogen and oxygen atoms in total. The minimum Gasteiger partial charge on any atom is -0.481 e. The smallest absolute Gasteiger partial charge is 0.471 e. The number of amides is 1. The van der Waals surface area contributed by atoms with Crippen molar-refractivity contribution in [1.82, 2.24) is 14.8 Å². The fraction of sp³-hybridized carbons (Fsp3) is 0.500. The van der Waals surface area contributed by atoms with Crippen molar-refractivity contribution < 1.29 is 27.9 Å². The lowest BCUT2D eigenvalue weighted by molar-refractivity contribution is -0.170. The molecule has 1 aromatic heterocycles. The molecular weight excluding hydrogens is 257 g/mol. The second-order valence-corrected chi connectivity index (χ2v) is 3.41. The molecule has 0 aliphatic heterocycles. The first-order valence-corrected chi connectivity index (χ1v) is 4.59. The van der Waals surface area contributed by atoms with Gasteiger partial charge in [0.15, 0.2) is 0 Å². The zero-order chi connectivity index (χ0) is 14.1. The number of alkyl halides is 3. The summed E-state index contributed by atoms with van der Waals surface area (Å²) in [5, 5.41) is 15.3. The van der Waals surface area contributed by atoms with E-state index in [0.29, 0.717) is 0 Å². The van der Waals surface area contributed by atoms with Crippen LogP contribution in [-0.4, -0.2) is 45.0 Å². The van der Waals surface area contributed by atoms with Gasteiger partial charge in [-0.15, -0.1) is 10.2 Å². The Morgan fingerprint density at radius 3 is 2.39 bits per heavy atom. The highest BCUT2D eigenvalue weighted by Crippen LogP contribution is 2.21. The second-order valence-electron chi connectivity index (χ2n) is 3.41. The normalized spacial score (nSPS) is 11.4. The first-order chi connectivity index (χ1) is 8.14. The molecule has 0 aliphatic rings. The number of hydrogen-bond donors (Lipinski definition) is 1. The van der Waals surface area contributed by atoms with Gasteiger partial charge in [0.1, 0.15) is 12.2 Å². The molecule has 0 unspecified atom stereocenters. The number of halogens is 3. The number of anilines is 1. The van der Waals surface area contributed by atoms with Crippen molar-refractivity contribution in [3.63, 3.8) is 0 Å². The van der Waals surface area contributed by atoms with Crippen LogP contribution >= 0.6 is 0 Å². The fourth-order valence-electron chi connectivity index (χ4n) is 1.21. The van der Waals surface area contributed by atoms with Gasteiger partial charge in [-0.3, -0.25) is 19.1 Å². The maximum atomic E-state index is 12.2. The van der Waals surface area contributed by atoms with E-state index in [4.69, 9.17) is 5.11 Å². The van der Waals surface area contributed by atoms with Gasteiger partial charge in [-0.2, -0.15) is 13.2 Å². The molecule has 100 valence electrons. The van der Waals surface area contributed by atoms with Crippen LogP contribution in [0.3, 0.4) is 0 Å². The summed E-state index contributed by atoms with van der Waals surface area (Å²) < 4.78 is 37.6. The van der Waals surface area contributed by atoms with Gasteiger partial charge in [0.05, 0.1) is 0 Å². The van der Waals surface area contributed by atoms with Crippen LogP contribution in [0, 0.1) is 0 Å². The average molecular weight is 266 g/mol. The van der Waals surface area contributed by atoms with E-state index in [-0.39, 0.29) is 16.7 Å². The molecule has 1 rings (SSSR count). The summed E-state index contributed by atoms with van der Waals surface area (Å²) >= 11 is 0. The molecule has 10 heteroatoms. The van der Waals surface area contributed by atoms with E-state index in [9.17, 15) is 22.8 Å². The van der Waals surface area contributed by atoms with E-state index in [1.165, 1.54) is 7.05 Å². The van der Waals surface area contributed by atoms with Gasteiger partial charge in [0, 0.05) is 14.1 Å². The first-order valence-electron chi connectivity index (χ1n) is 4.59. The standard InChI is InChI=1S/C8H9F3N4O3/c1-14-4(3-5(16)17)12-13-7(14)15(2)6(18)8(9,10)11/h3H2,1-2H3,(H,16,17). The number of hydrogen-bond acceptors (Lipinski definition) is 4. The van der Waals surface area contributed by atoms with E-state index in [1.807, 2.05) is 0 Å². The highest BCUT2D eigenvalue weighted by atomic mass is 19.4. The first kappa shape index (κ1) is 13.9. The lowest BCUT2D eigenvalue weighted by Crippen LogP contribution is -2.39. The van der Waals surface area contributed by atoms with Crippen LogP contribution in [0.1, 0.15) is 5.82 Å². The van der Waals surface area contributed by atoms with E-state index >= 15 is 0 Å². The Morgan fingerprint density at radius 2 is 1.94 bits per heavy atom. The monoisotopic (exact) mass is 266 g/mol. The fourth-order valence-corrected chi connectivity index (χ4v) is 1.21. The summed E-state index contributed by atoms with van der Waals surface area (Å²) in [4.78, 5) is 21.7. The zero-order valence-electron chi connectivity index (χ0n) is 9.39. The molecule has 0 aliphatic carbocycles. The van der Waals surface area contributed by atoms with Crippen LogP contribution in [0.25, 0.3) is 0 Å². The minimum absolute atomic E-state index is 0.0562. The van der Waals surface area contributed by atoms with Crippen LogP contribution in [-0.2, 0) is 23.1 Å². The van der Waals surface area contributed by atoms with Crippen molar-refractivity contribution in [2.45, 2.75) is 12.6 Å². The van der Waals surface area contributed by atoms with Crippen molar-refractivity contribution in [2.24, 2.45) is 7.05 Å². The van der Waals surface area contributed by atoms with Gasteiger partial charge in [-0.1, -0.05) is 0 Å². The predicted octanol–water partition coefficient (Wildman–Crippen LogP) is -0.0327. The summed E-state index contributed by atoms with van der Waals surface area (Å²) in [6.07, 6.45) is -5.54. The lowest BCUT2D eigenvalue weighted by atomic mass is 10.4. The lowest BCUT2D eigenvalue weighted by Gasteiger charge is -2.17. The Morgan fingerprint density at radius 1 is 1.39 bits per heavy atom. The molecule has 18 heavy (non-hydrogen) atoms. The Kier molecular flexibility index (Phi) is 3.58. The zero-order valence-corrected chi connectivity index (χ0v) is 9.39. The number of aromatic nitrogens is 3. The maximum Gasteiger partial charge on any atom is 0.471 e. The molecule has 1 amide bonds. The Balaban J connectivity index is 3.01. The number of rotatable bonds is 3. The van der Waals surface area contributed by atoms with Gasteiger partial charge in [-0.25, -0.2) is 0 Å². The van der Waals surface area contributed by atoms with Crippen molar-refractivity contribution in [2.75, 3.05) is 11.9 Å². The van der Waals surface area contributed by atoms with Crippen LogP contribution < -0.4 is 4.90 Å². The number of carboxylic acid groups (broad SMARTS) is 1. The summed E-state index contributed by atoms with van der Waals surface area (Å²) in [6, 6.07) is 0. The maximum absolute atomic E-state index is 12.2. The number of carbonyl (C=O) groups is 2. The largest absolute Gasteiger partial charge is 0.481 e. The summed E-state index contributed by atoms with van der Waals surface area (Å²) in [6.45, 7) is 0. The van der Waals surface area contributed by atoms with Crippen molar-refractivity contribution >= 4 is 17.8 Å². The predicted molar refractivity (Wildman–Crippen MR) is 51.8 cm³/mol. The van der Waals surface area contributed by atoms with Crippen LogP contribution in [0.2, 0.25) is 0 Å². The average Bonchev–Trinajstić information content (AvgIpc) is 2.56. The SMILES string of the molecule is CN(C(=O)C(F)(F)F)c1nnc(CC(=O)O)n1C. The topological polar surface area (TPSA) is 88.3 Å². The van der Waals surface area contributed by atoms with Gasteiger partial charge >= 0.3 is 18.1 Å². The van der Waals surface area contributed by atoms with E-state index in [2.05, 4.69) is 10.2 Å². The Hall–Kier alpha value is -2.13. The molecule has 0 fully saturated rings. The van der Waals surface area contributed by atoms with Gasteiger partial charge < -0.3 is 5.11 Å². The minimum atomic E-state index is -5.03. The second kappa shape index (κ2) is 4.63. The van der Waals surface area contributed by atoms with E-state index in [0.717, 1.165) is 11.6 Å². The molecule has 0 spiro atoms. The van der Waals surface area contributed by atoms with Crippen LogP contribution in [0.15, 0.2) is 0 Å². The molecule has 0 bridgehead atoms. The van der Waals surface area contributed by atoms with Crippen molar-refractivity contribution in [3.8, 4) is 0 Å².